The monoisotopic (exact) mass is 463 g/mol. The molecule has 1 aliphatic rings. The number of halogens is 1. The first-order valence-corrected chi connectivity index (χ1v) is 9.38. The van der Waals surface area contributed by atoms with E-state index in [4.69, 9.17) is 4.74 Å². The zero-order valence-corrected chi connectivity index (χ0v) is 18.1. The Bertz CT molecular complexity index is 513. The fraction of sp³-hybridized carbons (Fsp3) is 0.611. The summed E-state index contributed by atoms with van der Waals surface area (Å²) >= 11 is 2.04. The molecule has 0 saturated carbocycles. The topological polar surface area (TPSA) is 45.7 Å². The minimum atomic E-state index is 0. The number of hydrogen-bond acceptors (Lipinski definition) is 3. The maximum absolute atomic E-state index is 5.53. The summed E-state index contributed by atoms with van der Waals surface area (Å²) in [4.78, 5) is 4.36. The molecular weight excluding hydrogens is 433 g/mol. The Morgan fingerprint density at radius 1 is 1.29 bits per heavy atom. The predicted octanol–water partition coefficient (Wildman–Crippen LogP) is 3.58. The van der Waals surface area contributed by atoms with E-state index in [0.717, 1.165) is 50.9 Å². The molecule has 0 bridgehead atoms. The van der Waals surface area contributed by atoms with E-state index in [1.54, 1.807) is 0 Å². The van der Waals surface area contributed by atoms with Crippen LogP contribution in [0.1, 0.15) is 30.9 Å². The van der Waals surface area contributed by atoms with Crippen LogP contribution >= 0.6 is 35.7 Å². The smallest absolute Gasteiger partial charge is 0.191 e. The second-order valence-electron chi connectivity index (χ2n) is 6.00. The standard InChI is InChI=1S/C18H29N3OS.HI/c1-4-23-18(8-10-22-11-9-18)14-21-17(19-3)20-13-16-7-5-6-15(2)12-16;/h5-7,12H,4,8-11,13-14H2,1-3H3,(H2,19,20,21);1H. The van der Waals surface area contributed by atoms with Crippen LogP contribution in [0.15, 0.2) is 29.3 Å². The summed E-state index contributed by atoms with van der Waals surface area (Å²) < 4.78 is 5.81. The van der Waals surface area contributed by atoms with Crippen molar-refractivity contribution in [2.75, 3.05) is 32.6 Å². The normalized spacial score (nSPS) is 17.0. The lowest BCUT2D eigenvalue weighted by Gasteiger charge is -2.37. The summed E-state index contributed by atoms with van der Waals surface area (Å²) in [5.74, 6) is 2.01. The molecule has 0 aliphatic carbocycles. The van der Waals surface area contributed by atoms with Gasteiger partial charge in [0, 0.05) is 38.1 Å². The average Bonchev–Trinajstić information content (AvgIpc) is 2.56. The highest BCUT2D eigenvalue weighted by Gasteiger charge is 2.32. The summed E-state index contributed by atoms with van der Waals surface area (Å²) in [5, 5.41) is 6.92. The number of aliphatic imine (C=N–C) groups is 1. The van der Waals surface area contributed by atoms with Crippen molar-refractivity contribution in [1.82, 2.24) is 10.6 Å². The molecular formula is C18H30IN3OS. The van der Waals surface area contributed by atoms with E-state index in [9.17, 15) is 0 Å². The first kappa shape index (κ1) is 21.6. The van der Waals surface area contributed by atoms with Crippen molar-refractivity contribution in [2.45, 2.75) is 38.0 Å². The van der Waals surface area contributed by atoms with Gasteiger partial charge in [-0.25, -0.2) is 0 Å². The molecule has 1 saturated heterocycles. The van der Waals surface area contributed by atoms with Crippen molar-refractivity contribution >= 4 is 41.7 Å². The van der Waals surface area contributed by atoms with Gasteiger partial charge in [-0.1, -0.05) is 36.8 Å². The third-order valence-electron chi connectivity index (χ3n) is 4.20. The van der Waals surface area contributed by atoms with E-state index in [0.29, 0.717) is 0 Å². The highest BCUT2D eigenvalue weighted by molar-refractivity contribution is 14.0. The fourth-order valence-electron chi connectivity index (χ4n) is 2.90. The van der Waals surface area contributed by atoms with Crippen molar-refractivity contribution < 1.29 is 4.74 Å². The Kier molecular flexibility index (Phi) is 10.1. The lowest BCUT2D eigenvalue weighted by atomic mass is 9.99. The number of aryl methyl sites for hydroxylation is 1. The maximum atomic E-state index is 5.53. The van der Waals surface area contributed by atoms with Crippen LogP contribution in [0, 0.1) is 6.92 Å². The van der Waals surface area contributed by atoms with E-state index in [-0.39, 0.29) is 28.7 Å². The molecule has 0 radical (unpaired) electrons. The molecule has 2 rings (SSSR count). The van der Waals surface area contributed by atoms with Gasteiger partial charge in [-0.2, -0.15) is 11.8 Å². The van der Waals surface area contributed by atoms with Crippen LogP contribution in [0.4, 0.5) is 0 Å². The minimum absolute atomic E-state index is 0. The van der Waals surface area contributed by atoms with Crippen LogP contribution < -0.4 is 10.6 Å². The van der Waals surface area contributed by atoms with E-state index in [1.807, 2.05) is 18.8 Å². The van der Waals surface area contributed by atoms with Gasteiger partial charge in [-0.15, -0.1) is 24.0 Å². The third-order valence-corrected chi connectivity index (χ3v) is 5.65. The molecule has 0 aromatic heterocycles. The second-order valence-corrected chi connectivity index (χ2v) is 7.73. The summed E-state index contributed by atoms with van der Waals surface area (Å²) in [7, 11) is 1.83. The molecule has 0 atom stereocenters. The first-order valence-electron chi connectivity index (χ1n) is 8.39. The van der Waals surface area contributed by atoms with Gasteiger partial charge in [0.1, 0.15) is 0 Å². The number of guanidine groups is 1. The highest BCUT2D eigenvalue weighted by atomic mass is 127. The number of nitrogens with one attached hydrogen (secondary N) is 2. The molecule has 1 aromatic rings. The second kappa shape index (κ2) is 11.2. The van der Waals surface area contributed by atoms with Crippen molar-refractivity contribution in [2.24, 2.45) is 4.99 Å². The number of ether oxygens (including phenoxy) is 1. The molecule has 0 unspecified atom stereocenters. The molecule has 24 heavy (non-hydrogen) atoms. The van der Waals surface area contributed by atoms with Gasteiger partial charge in [-0.3, -0.25) is 4.99 Å². The van der Waals surface area contributed by atoms with Gasteiger partial charge in [0.05, 0.1) is 0 Å². The quantitative estimate of drug-likeness (QED) is 0.385. The van der Waals surface area contributed by atoms with Crippen LogP contribution in [0.3, 0.4) is 0 Å². The van der Waals surface area contributed by atoms with E-state index >= 15 is 0 Å². The molecule has 1 fully saturated rings. The Labute approximate surface area is 167 Å². The van der Waals surface area contributed by atoms with Crippen LogP contribution in [0.25, 0.3) is 0 Å². The molecule has 2 N–H and O–H groups in total. The van der Waals surface area contributed by atoms with Gasteiger partial charge in [0.15, 0.2) is 5.96 Å². The van der Waals surface area contributed by atoms with Gasteiger partial charge in [0.25, 0.3) is 0 Å². The lowest BCUT2D eigenvalue weighted by Crippen LogP contribution is -2.48. The van der Waals surface area contributed by atoms with Crippen LogP contribution in [-0.2, 0) is 11.3 Å². The van der Waals surface area contributed by atoms with Crippen LogP contribution in [0.2, 0.25) is 0 Å². The number of benzene rings is 1. The predicted molar refractivity (Wildman–Crippen MR) is 116 cm³/mol. The average molecular weight is 463 g/mol. The summed E-state index contributed by atoms with van der Waals surface area (Å²) in [6, 6.07) is 8.55. The fourth-order valence-corrected chi connectivity index (χ4v) is 4.14. The molecule has 4 nitrogen and oxygen atoms in total. The Morgan fingerprint density at radius 2 is 2.04 bits per heavy atom. The van der Waals surface area contributed by atoms with Crippen LogP contribution in [-0.4, -0.2) is 43.3 Å². The first-order chi connectivity index (χ1) is 11.2. The summed E-state index contributed by atoms with van der Waals surface area (Å²) in [6.45, 7) is 7.80. The third kappa shape index (κ3) is 6.80. The van der Waals surface area contributed by atoms with Crippen LogP contribution in [0.5, 0.6) is 0 Å². The van der Waals surface area contributed by atoms with Gasteiger partial charge in [-0.05, 0) is 31.1 Å². The van der Waals surface area contributed by atoms with Gasteiger partial charge >= 0.3 is 0 Å². The Morgan fingerprint density at radius 3 is 2.67 bits per heavy atom. The zero-order valence-electron chi connectivity index (χ0n) is 14.9. The summed E-state index contributed by atoms with van der Waals surface area (Å²) in [5.41, 5.74) is 2.56. The highest BCUT2D eigenvalue weighted by Crippen LogP contribution is 2.34. The number of nitrogens with zero attached hydrogens (tertiary/aromatic N) is 1. The van der Waals surface area contributed by atoms with Gasteiger partial charge < -0.3 is 15.4 Å². The molecule has 1 heterocycles. The molecule has 0 amide bonds. The van der Waals surface area contributed by atoms with Crippen molar-refractivity contribution in [3.8, 4) is 0 Å². The van der Waals surface area contributed by atoms with Crippen molar-refractivity contribution in [3.63, 3.8) is 0 Å². The Balaban J connectivity index is 0.00000288. The van der Waals surface area contributed by atoms with Crippen molar-refractivity contribution in [1.29, 1.82) is 0 Å². The van der Waals surface area contributed by atoms with E-state index < -0.39 is 0 Å². The molecule has 6 heteroatoms. The minimum Gasteiger partial charge on any atom is -0.381 e. The largest absolute Gasteiger partial charge is 0.381 e. The number of thioether (sulfide) groups is 1. The number of hydrogen-bond donors (Lipinski definition) is 2. The zero-order chi connectivity index (χ0) is 16.5. The molecule has 1 aliphatic heterocycles. The Hall–Kier alpha value is -0.470. The van der Waals surface area contributed by atoms with E-state index in [1.165, 1.54) is 11.1 Å². The lowest BCUT2D eigenvalue weighted by molar-refractivity contribution is 0.0782. The van der Waals surface area contributed by atoms with E-state index in [2.05, 4.69) is 53.7 Å². The van der Waals surface area contributed by atoms with Gasteiger partial charge in [0.2, 0.25) is 0 Å². The molecule has 0 spiro atoms. The molecule has 1 aromatic carbocycles. The summed E-state index contributed by atoms with van der Waals surface area (Å²) in [6.07, 6.45) is 2.21. The maximum Gasteiger partial charge on any atom is 0.191 e. The SMILES string of the molecule is CCSC1(CNC(=NC)NCc2cccc(C)c2)CCOCC1.I. The van der Waals surface area contributed by atoms with Crippen molar-refractivity contribution in [3.05, 3.63) is 35.4 Å². The number of rotatable bonds is 6. The molecule has 136 valence electrons.